The fourth-order valence-corrected chi connectivity index (χ4v) is 1.73. The van der Waals surface area contributed by atoms with Crippen LogP contribution in [0.15, 0.2) is 42.6 Å². The van der Waals surface area contributed by atoms with E-state index < -0.39 is 13.0 Å². The van der Waals surface area contributed by atoms with Gasteiger partial charge in [-0.25, -0.2) is 13.8 Å². The van der Waals surface area contributed by atoms with Crippen LogP contribution in [-0.2, 0) is 6.54 Å². The topological polar surface area (TPSA) is 57.9 Å². The molecule has 2 rings (SSSR count). The van der Waals surface area contributed by atoms with Gasteiger partial charge in [0.15, 0.2) is 0 Å². The van der Waals surface area contributed by atoms with Crippen LogP contribution in [0.5, 0.6) is 5.75 Å². The van der Waals surface area contributed by atoms with E-state index in [0.29, 0.717) is 23.7 Å². The van der Waals surface area contributed by atoms with Crippen LogP contribution in [-0.4, -0.2) is 18.0 Å². The molecular weight excluding hydrogens is 276 g/mol. The molecule has 0 bridgehead atoms. The predicted molar refractivity (Wildman–Crippen MR) is 74.2 cm³/mol. The lowest BCUT2D eigenvalue weighted by atomic mass is 10.2. The third-order valence-electron chi connectivity index (χ3n) is 2.66. The van der Waals surface area contributed by atoms with E-state index in [1.807, 2.05) is 12.1 Å². The van der Waals surface area contributed by atoms with Crippen LogP contribution >= 0.6 is 0 Å². The number of halogens is 2. The Labute approximate surface area is 121 Å². The number of rotatable bonds is 6. The highest BCUT2D eigenvalue weighted by molar-refractivity contribution is 5.51. The fourth-order valence-electron chi connectivity index (χ4n) is 1.73. The molecule has 0 amide bonds. The summed E-state index contributed by atoms with van der Waals surface area (Å²) in [5.74, 6) is 0.870. The molecule has 0 saturated heterocycles. The van der Waals surface area contributed by atoms with Gasteiger partial charge >= 0.3 is 0 Å². The van der Waals surface area contributed by atoms with Gasteiger partial charge in [0, 0.05) is 12.7 Å². The summed E-state index contributed by atoms with van der Waals surface area (Å²) in [5.41, 5.74) is 1.29. The zero-order valence-electron chi connectivity index (χ0n) is 11.1. The van der Waals surface area contributed by atoms with Gasteiger partial charge in [-0.05, 0) is 29.8 Å². The third kappa shape index (κ3) is 4.42. The van der Waals surface area contributed by atoms with E-state index in [2.05, 4.69) is 10.3 Å². The number of pyridine rings is 1. The van der Waals surface area contributed by atoms with Crippen molar-refractivity contribution in [1.29, 1.82) is 5.26 Å². The molecule has 1 N–H and O–H groups in total. The quantitative estimate of drug-likeness (QED) is 0.887. The van der Waals surface area contributed by atoms with Crippen molar-refractivity contribution in [3.8, 4) is 11.8 Å². The highest BCUT2D eigenvalue weighted by atomic mass is 19.3. The molecule has 0 unspecified atom stereocenters. The maximum atomic E-state index is 12.1. The van der Waals surface area contributed by atoms with Crippen LogP contribution in [0.2, 0.25) is 0 Å². The van der Waals surface area contributed by atoms with Crippen molar-refractivity contribution in [3.05, 3.63) is 53.7 Å². The molecule has 0 saturated carbocycles. The molecule has 0 fully saturated rings. The third-order valence-corrected chi connectivity index (χ3v) is 2.66. The molecule has 2 aromatic rings. The Morgan fingerprint density at radius 1 is 1.29 bits per heavy atom. The summed E-state index contributed by atoms with van der Waals surface area (Å²) < 4.78 is 29.2. The number of nitrogens with zero attached hydrogens (tertiary/aromatic N) is 2. The minimum Gasteiger partial charge on any atom is -0.488 e. The monoisotopic (exact) mass is 289 g/mol. The normalized spacial score (nSPS) is 10.2. The lowest BCUT2D eigenvalue weighted by Gasteiger charge is -2.09. The smallest absolute Gasteiger partial charge is 0.272 e. The van der Waals surface area contributed by atoms with E-state index in [1.54, 1.807) is 36.5 Å². The average Bonchev–Trinajstić information content (AvgIpc) is 2.51. The summed E-state index contributed by atoms with van der Waals surface area (Å²) in [5, 5.41) is 12.0. The number of ether oxygens (including phenoxy) is 1. The van der Waals surface area contributed by atoms with Gasteiger partial charge in [-0.1, -0.05) is 12.1 Å². The van der Waals surface area contributed by atoms with Crippen molar-refractivity contribution in [2.75, 3.05) is 11.9 Å². The molecule has 0 radical (unpaired) electrons. The van der Waals surface area contributed by atoms with Crippen molar-refractivity contribution in [1.82, 2.24) is 4.98 Å². The summed E-state index contributed by atoms with van der Waals surface area (Å²) in [6.07, 6.45) is -0.913. The highest BCUT2D eigenvalue weighted by Gasteiger charge is 2.05. The standard InChI is InChI=1S/C15H13F2N3O/c16-14(17)10-21-13-5-1-3-11(7-13)9-20-15-12(8-18)4-2-6-19-15/h1-7,14H,9-10H2,(H,19,20). The summed E-state index contributed by atoms with van der Waals surface area (Å²) in [7, 11) is 0. The number of benzene rings is 1. The van der Waals surface area contributed by atoms with E-state index in [1.165, 1.54) is 0 Å². The zero-order valence-corrected chi connectivity index (χ0v) is 11.1. The van der Waals surface area contributed by atoms with Gasteiger partial charge < -0.3 is 10.1 Å². The zero-order chi connectivity index (χ0) is 15.1. The first-order valence-corrected chi connectivity index (χ1v) is 6.28. The van der Waals surface area contributed by atoms with Crippen molar-refractivity contribution in [2.24, 2.45) is 0 Å². The van der Waals surface area contributed by atoms with Crippen molar-refractivity contribution >= 4 is 5.82 Å². The average molecular weight is 289 g/mol. The van der Waals surface area contributed by atoms with Crippen LogP contribution in [0.25, 0.3) is 0 Å². The van der Waals surface area contributed by atoms with Gasteiger partial charge in [0.1, 0.15) is 24.2 Å². The van der Waals surface area contributed by atoms with E-state index in [9.17, 15) is 8.78 Å². The summed E-state index contributed by atoms with van der Waals surface area (Å²) in [4.78, 5) is 4.08. The van der Waals surface area contributed by atoms with Crippen LogP contribution in [0.1, 0.15) is 11.1 Å². The van der Waals surface area contributed by atoms with E-state index in [4.69, 9.17) is 10.00 Å². The second-order valence-electron chi connectivity index (χ2n) is 4.21. The summed E-state index contributed by atoms with van der Waals surface area (Å²) in [6, 6.07) is 12.2. The van der Waals surface area contributed by atoms with Crippen LogP contribution in [0, 0.1) is 11.3 Å². The number of nitrogens with one attached hydrogen (secondary N) is 1. The number of aromatic nitrogens is 1. The number of alkyl halides is 2. The van der Waals surface area contributed by atoms with Crippen LogP contribution < -0.4 is 10.1 Å². The molecule has 21 heavy (non-hydrogen) atoms. The van der Waals surface area contributed by atoms with Gasteiger partial charge in [-0.3, -0.25) is 0 Å². The van der Waals surface area contributed by atoms with Gasteiger partial charge in [-0.2, -0.15) is 5.26 Å². The Bertz CT molecular complexity index is 641. The van der Waals surface area contributed by atoms with Gasteiger partial charge in [-0.15, -0.1) is 0 Å². The second-order valence-corrected chi connectivity index (χ2v) is 4.21. The maximum absolute atomic E-state index is 12.1. The van der Waals surface area contributed by atoms with Crippen LogP contribution in [0.3, 0.4) is 0 Å². The molecule has 4 nitrogen and oxygen atoms in total. The molecule has 0 aliphatic carbocycles. The number of anilines is 1. The Kier molecular flexibility index (Phi) is 5.04. The second kappa shape index (κ2) is 7.20. The number of nitriles is 1. The molecule has 0 spiro atoms. The van der Waals surface area contributed by atoms with E-state index in [-0.39, 0.29) is 0 Å². The molecule has 1 heterocycles. The first-order chi connectivity index (χ1) is 10.2. The van der Waals surface area contributed by atoms with Gasteiger partial charge in [0.05, 0.1) is 5.56 Å². The Morgan fingerprint density at radius 2 is 2.14 bits per heavy atom. The minimum atomic E-state index is -2.50. The summed E-state index contributed by atoms with van der Waals surface area (Å²) >= 11 is 0. The largest absolute Gasteiger partial charge is 0.488 e. The van der Waals surface area contributed by atoms with Crippen molar-refractivity contribution in [2.45, 2.75) is 13.0 Å². The molecular formula is C15H13F2N3O. The Hall–Kier alpha value is -2.68. The molecule has 0 atom stereocenters. The molecule has 1 aromatic heterocycles. The first kappa shape index (κ1) is 14.7. The van der Waals surface area contributed by atoms with Gasteiger partial charge in [0.25, 0.3) is 6.43 Å². The summed E-state index contributed by atoms with van der Waals surface area (Å²) in [6.45, 7) is -0.215. The first-order valence-electron chi connectivity index (χ1n) is 6.28. The molecule has 0 aliphatic rings. The number of hydrogen-bond donors (Lipinski definition) is 1. The maximum Gasteiger partial charge on any atom is 0.272 e. The van der Waals surface area contributed by atoms with Crippen molar-refractivity contribution in [3.63, 3.8) is 0 Å². The van der Waals surface area contributed by atoms with Crippen LogP contribution in [0.4, 0.5) is 14.6 Å². The Morgan fingerprint density at radius 3 is 2.90 bits per heavy atom. The SMILES string of the molecule is N#Cc1cccnc1NCc1cccc(OCC(F)F)c1. The van der Waals surface area contributed by atoms with Crippen molar-refractivity contribution < 1.29 is 13.5 Å². The minimum absolute atomic E-state index is 0.385. The molecule has 6 heteroatoms. The van der Waals surface area contributed by atoms with E-state index >= 15 is 0 Å². The predicted octanol–water partition coefficient (Wildman–Crippen LogP) is 3.21. The lowest BCUT2D eigenvalue weighted by Crippen LogP contribution is -2.07. The fraction of sp³-hybridized carbons (Fsp3) is 0.200. The van der Waals surface area contributed by atoms with E-state index in [0.717, 1.165) is 5.56 Å². The lowest BCUT2D eigenvalue weighted by molar-refractivity contribution is 0.0818. The molecule has 0 aliphatic heterocycles. The molecule has 108 valence electrons. The van der Waals surface area contributed by atoms with Gasteiger partial charge in [0.2, 0.25) is 0 Å². The highest BCUT2D eigenvalue weighted by Crippen LogP contribution is 2.16. The molecule has 1 aromatic carbocycles. The Balaban J connectivity index is 2.00. The number of hydrogen-bond acceptors (Lipinski definition) is 4.